The maximum absolute atomic E-state index is 11.2. The van der Waals surface area contributed by atoms with Crippen LogP contribution in [-0.2, 0) is 16.1 Å². The molecule has 0 heterocycles. The number of methoxy groups -OCH3 is 1. The number of nitrogens with one attached hydrogen (secondary N) is 1. The molecule has 1 atom stereocenters. The van der Waals surface area contributed by atoms with Crippen molar-refractivity contribution < 1.29 is 9.53 Å². The number of carbonyl (C=O) groups excluding carboxylic acids is 1. The van der Waals surface area contributed by atoms with E-state index in [1.54, 1.807) is 0 Å². The van der Waals surface area contributed by atoms with E-state index >= 15 is 0 Å². The maximum atomic E-state index is 11.2. The van der Waals surface area contributed by atoms with Crippen LogP contribution in [0.3, 0.4) is 0 Å². The molecular formula is C17H20N2O2. The Hall–Kier alpha value is -2.33. The van der Waals surface area contributed by atoms with Gasteiger partial charge in [0.2, 0.25) is 0 Å². The van der Waals surface area contributed by atoms with Crippen molar-refractivity contribution in [2.45, 2.75) is 19.0 Å². The third-order valence-corrected chi connectivity index (χ3v) is 3.29. The first-order valence-electron chi connectivity index (χ1n) is 6.89. The second-order valence-corrected chi connectivity index (χ2v) is 4.85. The largest absolute Gasteiger partial charge is 0.469 e. The molecule has 4 nitrogen and oxygen atoms in total. The lowest BCUT2D eigenvalue weighted by molar-refractivity contribution is -0.141. The fourth-order valence-electron chi connectivity index (χ4n) is 2.03. The topological polar surface area (TPSA) is 64.3 Å². The van der Waals surface area contributed by atoms with Crippen molar-refractivity contribution in [1.29, 1.82) is 0 Å². The summed E-state index contributed by atoms with van der Waals surface area (Å²) in [4.78, 5) is 11.2. The average molecular weight is 284 g/mol. The zero-order valence-corrected chi connectivity index (χ0v) is 12.1. The van der Waals surface area contributed by atoms with Crippen LogP contribution in [0.5, 0.6) is 0 Å². The molecule has 0 aliphatic carbocycles. The van der Waals surface area contributed by atoms with Gasteiger partial charge in [-0.15, -0.1) is 0 Å². The van der Waals surface area contributed by atoms with Gasteiger partial charge in [0.1, 0.15) is 0 Å². The molecular weight excluding hydrogens is 264 g/mol. The van der Waals surface area contributed by atoms with E-state index in [1.165, 1.54) is 12.7 Å². The molecule has 4 heteroatoms. The Morgan fingerprint density at radius 1 is 1.14 bits per heavy atom. The highest BCUT2D eigenvalue weighted by Crippen LogP contribution is 2.18. The van der Waals surface area contributed by atoms with Gasteiger partial charge in [-0.1, -0.05) is 42.5 Å². The smallest absolute Gasteiger partial charge is 0.307 e. The fourth-order valence-corrected chi connectivity index (χ4v) is 2.03. The van der Waals surface area contributed by atoms with Gasteiger partial charge in [-0.2, -0.15) is 0 Å². The van der Waals surface area contributed by atoms with Crippen molar-refractivity contribution >= 4 is 11.7 Å². The molecule has 0 aliphatic rings. The predicted octanol–water partition coefficient (Wildman–Crippen LogP) is 2.86. The number of ether oxygens (including phenoxy) is 1. The number of hydrogen-bond donors (Lipinski definition) is 2. The second-order valence-electron chi connectivity index (χ2n) is 4.85. The van der Waals surface area contributed by atoms with E-state index in [0.29, 0.717) is 0 Å². The molecule has 0 aliphatic heterocycles. The van der Waals surface area contributed by atoms with Gasteiger partial charge in [0, 0.05) is 18.3 Å². The number of carbonyl (C=O) groups is 1. The minimum absolute atomic E-state index is 0.188. The van der Waals surface area contributed by atoms with E-state index in [2.05, 4.69) is 22.2 Å². The van der Waals surface area contributed by atoms with Gasteiger partial charge >= 0.3 is 5.97 Å². The standard InChI is InChI=1S/C17H20N2O2/c1-21-17(20)11-16(18)14-7-9-15(10-8-14)19-12-13-5-3-2-4-6-13/h2-10,16,19H,11-12,18H2,1H3/t16-/m0/s1. The summed E-state index contributed by atoms with van der Waals surface area (Å²) >= 11 is 0. The van der Waals surface area contributed by atoms with Gasteiger partial charge < -0.3 is 15.8 Å². The molecule has 3 N–H and O–H groups in total. The summed E-state index contributed by atoms with van der Waals surface area (Å²) in [5.74, 6) is -0.297. The second kappa shape index (κ2) is 7.45. The third kappa shape index (κ3) is 4.61. The van der Waals surface area contributed by atoms with Crippen LogP contribution < -0.4 is 11.1 Å². The number of esters is 1. The van der Waals surface area contributed by atoms with Crippen molar-refractivity contribution in [2.24, 2.45) is 5.73 Å². The normalized spacial score (nSPS) is 11.7. The summed E-state index contributed by atoms with van der Waals surface area (Å²) in [5.41, 5.74) is 9.13. The summed E-state index contributed by atoms with van der Waals surface area (Å²) in [6.45, 7) is 0.772. The molecule has 0 spiro atoms. The van der Waals surface area contributed by atoms with Gasteiger partial charge in [0.15, 0.2) is 0 Å². The molecule has 0 bridgehead atoms. The van der Waals surface area contributed by atoms with Crippen molar-refractivity contribution in [2.75, 3.05) is 12.4 Å². The Bertz CT molecular complexity index is 567. The molecule has 0 unspecified atom stereocenters. The lowest BCUT2D eigenvalue weighted by atomic mass is 10.0. The SMILES string of the molecule is COC(=O)C[C@H](N)c1ccc(NCc2ccccc2)cc1. The minimum atomic E-state index is -0.333. The lowest BCUT2D eigenvalue weighted by Gasteiger charge is -2.12. The van der Waals surface area contributed by atoms with Crippen molar-refractivity contribution in [3.05, 3.63) is 65.7 Å². The van der Waals surface area contributed by atoms with E-state index < -0.39 is 0 Å². The number of nitrogens with two attached hydrogens (primary N) is 1. The molecule has 0 saturated carbocycles. The van der Waals surface area contributed by atoms with E-state index in [-0.39, 0.29) is 18.4 Å². The van der Waals surface area contributed by atoms with Gasteiger partial charge in [-0.25, -0.2) is 0 Å². The molecule has 2 rings (SSSR count). The van der Waals surface area contributed by atoms with E-state index in [1.807, 2.05) is 42.5 Å². The molecule has 0 saturated heterocycles. The Balaban J connectivity index is 1.91. The highest BCUT2D eigenvalue weighted by atomic mass is 16.5. The van der Waals surface area contributed by atoms with E-state index in [9.17, 15) is 4.79 Å². The highest BCUT2D eigenvalue weighted by Gasteiger charge is 2.11. The Morgan fingerprint density at radius 2 is 1.81 bits per heavy atom. The molecule has 0 radical (unpaired) electrons. The monoisotopic (exact) mass is 284 g/mol. The van der Waals surface area contributed by atoms with Crippen LogP contribution in [0.4, 0.5) is 5.69 Å². The molecule has 0 fully saturated rings. The zero-order chi connectivity index (χ0) is 15.1. The molecule has 2 aromatic rings. The van der Waals surface area contributed by atoms with Crippen LogP contribution in [0.2, 0.25) is 0 Å². The molecule has 0 aromatic heterocycles. The highest BCUT2D eigenvalue weighted by molar-refractivity contribution is 5.70. The van der Waals surface area contributed by atoms with Crippen LogP contribution in [0.25, 0.3) is 0 Å². The molecule has 2 aromatic carbocycles. The fraction of sp³-hybridized carbons (Fsp3) is 0.235. The quantitative estimate of drug-likeness (QED) is 0.801. The summed E-state index contributed by atoms with van der Waals surface area (Å²) < 4.78 is 4.62. The van der Waals surface area contributed by atoms with Crippen LogP contribution in [0.1, 0.15) is 23.6 Å². The van der Waals surface area contributed by atoms with Gasteiger partial charge in [0.05, 0.1) is 13.5 Å². The lowest BCUT2D eigenvalue weighted by Crippen LogP contribution is -2.16. The van der Waals surface area contributed by atoms with Gasteiger partial charge in [-0.05, 0) is 23.3 Å². The van der Waals surface area contributed by atoms with Crippen LogP contribution in [0, 0.1) is 0 Å². The first-order chi connectivity index (χ1) is 10.2. The van der Waals surface area contributed by atoms with Crippen molar-refractivity contribution in [1.82, 2.24) is 0 Å². The summed E-state index contributed by atoms with van der Waals surface area (Å²) in [6, 6.07) is 17.7. The number of rotatable bonds is 6. The average Bonchev–Trinajstić information content (AvgIpc) is 2.54. The Kier molecular flexibility index (Phi) is 5.35. The van der Waals surface area contributed by atoms with Gasteiger partial charge in [-0.3, -0.25) is 4.79 Å². The van der Waals surface area contributed by atoms with Crippen LogP contribution in [0.15, 0.2) is 54.6 Å². The number of hydrogen-bond acceptors (Lipinski definition) is 4. The number of benzene rings is 2. The maximum Gasteiger partial charge on any atom is 0.307 e. The zero-order valence-electron chi connectivity index (χ0n) is 12.1. The summed E-state index contributed by atoms with van der Waals surface area (Å²) in [7, 11) is 1.37. The summed E-state index contributed by atoms with van der Waals surface area (Å²) in [5, 5.41) is 3.35. The first-order valence-corrected chi connectivity index (χ1v) is 6.89. The Labute approximate surface area is 124 Å². The minimum Gasteiger partial charge on any atom is -0.469 e. The van der Waals surface area contributed by atoms with E-state index in [0.717, 1.165) is 17.8 Å². The van der Waals surface area contributed by atoms with Gasteiger partial charge in [0.25, 0.3) is 0 Å². The van der Waals surface area contributed by atoms with Crippen LogP contribution in [-0.4, -0.2) is 13.1 Å². The Morgan fingerprint density at radius 3 is 2.43 bits per heavy atom. The first kappa shape index (κ1) is 15.1. The predicted molar refractivity (Wildman–Crippen MR) is 83.8 cm³/mol. The number of anilines is 1. The molecule has 21 heavy (non-hydrogen) atoms. The van der Waals surface area contributed by atoms with Crippen molar-refractivity contribution in [3.63, 3.8) is 0 Å². The van der Waals surface area contributed by atoms with Crippen molar-refractivity contribution in [3.8, 4) is 0 Å². The van der Waals surface area contributed by atoms with E-state index in [4.69, 9.17) is 5.73 Å². The van der Waals surface area contributed by atoms with Crippen LogP contribution >= 0.6 is 0 Å². The molecule has 110 valence electrons. The molecule has 0 amide bonds. The third-order valence-electron chi connectivity index (χ3n) is 3.29. The summed E-state index contributed by atoms with van der Waals surface area (Å²) in [6.07, 6.45) is 0.188.